The zero-order valence-electron chi connectivity index (χ0n) is 11.3. The summed E-state index contributed by atoms with van der Waals surface area (Å²) in [7, 11) is 1.47. The Morgan fingerprint density at radius 3 is 2.76 bits per heavy atom. The first-order valence-corrected chi connectivity index (χ1v) is 6.03. The number of primary amides is 1. The third-order valence-corrected chi connectivity index (χ3v) is 2.90. The molecule has 0 fully saturated rings. The number of phenols is 1. The predicted molar refractivity (Wildman–Crippen MR) is 78.0 cm³/mol. The summed E-state index contributed by atoms with van der Waals surface area (Å²) < 4.78 is 5.23. The molecular weight excluding hydrogens is 270 g/mol. The molecular formula is C15H13N3O3. The summed E-state index contributed by atoms with van der Waals surface area (Å²) in [4.78, 5) is 10.9. The molecule has 2 amide bonds. The largest absolute Gasteiger partial charge is 0.505 e. The minimum atomic E-state index is -0.785. The van der Waals surface area contributed by atoms with Gasteiger partial charge in [0.1, 0.15) is 5.75 Å². The van der Waals surface area contributed by atoms with E-state index < -0.39 is 6.03 Å². The predicted octanol–water partition coefficient (Wildman–Crippen LogP) is 2.43. The third-order valence-electron chi connectivity index (χ3n) is 2.90. The van der Waals surface area contributed by atoms with Crippen LogP contribution in [0.25, 0.3) is 11.1 Å². The van der Waals surface area contributed by atoms with Gasteiger partial charge in [0.05, 0.1) is 30.0 Å². The van der Waals surface area contributed by atoms with E-state index in [1.54, 1.807) is 30.3 Å². The Kier molecular flexibility index (Phi) is 3.95. The number of hydrogen-bond acceptors (Lipinski definition) is 4. The van der Waals surface area contributed by atoms with Gasteiger partial charge in [-0.25, -0.2) is 4.79 Å². The first-order chi connectivity index (χ1) is 10.1. The van der Waals surface area contributed by atoms with E-state index in [2.05, 4.69) is 5.32 Å². The maximum absolute atomic E-state index is 10.9. The number of carbonyl (C=O) groups is 1. The zero-order chi connectivity index (χ0) is 15.4. The van der Waals surface area contributed by atoms with E-state index in [0.29, 0.717) is 22.4 Å². The number of carbonyl (C=O) groups excluding carboxylic acids is 1. The molecule has 2 rings (SSSR count). The van der Waals surface area contributed by atoms with Gasteiger partial charge >= 0.3 is 6.03 Å². The molecule has 4 N–H and O–H groups in total. The number of phenolic OH excluding ortho intramolecular Hbond substituents is 1. The van der Waals surface area contributed by atoms with Crippen LogP contribution in [0.4, 0.5) is 10.5 Å². The van der Waals surface area contributed by atoms with Crippen molar-refractivity contribution in [1.29, 1.82) is 5.26 Å². The van der Waals surface area contributed by atoms with Gasteiger partial charge in [0, 0.05) is 0 Å². The monoisotopic (exact) mass is 283 g/mol. The molecule has 0 spiro atoms. The summed E-state index contributed by atoms with van der Waals surface area (Å²) in [6, 6.07) is 11.0. The number of ether oxygens (including phenoxy) is 1. The third kappa shape index (κ3) is 2.87. The van der Waals surface area contributed by atoms with Gasteiger partial charge in [-0.2, -0.15) is 5.26 Å². The Hall–Kier alpha value is -3.20. The normalized spacial score (nSPS) is 9.71. The van der Waals surface area contributed by atoms with Gasteiger partial charge in [-0.3, -0.25) is 0 Å². The summed E-state index contributed by atoms with van der Waals surface area (Å²) in [5, 5.41) is 21.6. The fraction of sp³-hybridized carbons (Fsp3) is 0.0667. The number of hydrogen-bond donors (Lipinski definition) is 3. The number of aromatic hydroxyl groups is 1. The van der Waals surface area contributed by atoms with Crippen LogP contribution < -0.4 is 15.8 Å². The van der Waals surface area contributed by atoms with Crippen molar-refractivity contribution in [3.05, 3.63) is 42.0 Å². The van der Waals surface area contributed by atoms with Crippen molar-refractivity contribution in [3.63, 3.8) is 0 Å². The number of nitrogens with zero attached hydrogens (tertiary/aromatic N) is 1. The number of nitrogens with one attached hydrogen (secondary N) is 1. The quantitative estimate of drug-likeness (QED) is 0.751. The molecule has 106 valence electrons. The molecule has 0 aromatic heterocycles. The van der Waals surface area contributed by atoms with Crippen LogP contribution in [0.15, 0.2) is 36.4 Å². The molecule has 0 radical (unpaired) electrons. The second-order valence-electron chi connectivity index (χ2n) is 4.22. The molecule has 21 heavy (non-hydrogen) atoms. The van der Waals surface area contributed by atoms with Crippen LogP contribution in [-0.4, -0.2) is 18.2 Å². The summed E-state index contributed by atoms with van der Waals surface area (Å²) in [5.74, 6) is 0.237. The average molecular weight is 283 g/mol. The summed E-state index contributed by atoms with van der Waals surface area (Å²) in [5.41, 5.74) is 6.65. The van der Waals surface area contributed by atoms with E-state index in [9.17, 15) is 9.90 Å². The number of benzene rings is 2. The van der Waals surface area contributed by atoms with Crippen LogP contribution in [0.1, 0.15) is 5.56 Å². The van der Waals surface area contributed by atoms with E-state index in [0.717, 1.165) is 0 Å². The molecule has 0 saturated carbocycles. The highest BCUT2D eigenvalue weighted by Gasteiger charge is 2.16. The molecule has 0 aliphatic heterocycles. The molecule has 2 aromatic rings. The van der Waals surface area contributed by atoms with Gasteiger partial charge in [-0.15, -0.1) is 0 Å². The van der Waals surface area contributed by atoms with E-state index in [-0.39, 0.29) is 11.4 Å². The Morgan fingerprint density at radius 1 is 1.38 bits per heavy atom. The van der Waals surface area contributed by atoms with Gasteiger partial charge in [0.25, 0.3) is 0 Å². The zero-order valence-corrected chi connectivity index (χ0v) is 11.3. The second-order valence-corrected chi connectivity index (χ2v) is 4.22. The molecule has 0 aliphatic rings. The molecule has 6 heteroatoms. The van der Waals surface area contributed by atoms with Crippen LogP contribution in [0, 0.1) is 11.3 Å². The molecule has 6 nitrogen and oxygen atoms in total. The topological polar surface area (TPSA) is 108 Å². The number of urea groups is 1. The van der Waals surface area contributed by atoms with Gasteiger partial charge in [0.15, 0.2) is 5.75 Å². The summed E-state index contributed by atoms with van der Waals surface area (Å²) in [6.45, 7) is 0. The van der Waals surface area contributed by atoms with Crippen molar-refractivity contribution in [2.75, 3.05) is 12.4 Å². The fourth-order valence-electron chi connectivity index (χ4n) is 2.00. The molecule has 0 atom stereocenters. The lowest BCUT2D eigenvalue weighted by Gasteiger charge is -2.14. The number of nitriles is 1. The standard InChI is InChI=1S/C15H13N3O3/c1-21-12-6-5-11(18-15(17)20)14(19)13(12)10-4-2-3-9(7-10)8-16/h2-7,19H,1H3,(H3,17,18,20). The number of methoxy groups -OCH3 is 1. The van der Waals surface area contributed by atoms with E-state index in [1.807, 2.05) is 6.07 Å². The highest BCUT2D eigenvalue weighted by Crippen LogP contribution is 2.42. The molecule has 0 aliphatic carbocycles. The van der Waals surface area contributed by atoms with Crippen molar-refractivity contribution in [2.24, 2.45) is 5.73 Å². The van der Waals surface area contributed by atoms with Crippen LogP contribution in [-0.2, 0) is 0 Å². The lowest BCUT2D eigenvalue weighted by atomic mass is 10.0. The van der Waals surface area contributed by atoms with Crippen molar-refractivity contribution >= 4 is 11.7 Å². The minimum absolute atomic E-state index is 0.167. The molecule has 0 saturated heterocycles. The van der Waals surface area contributed by atoms with Crippen LogP contribution in [0.3, 0.4) is 0 Å². The Morgan fingerprint density at radius 2 is 2.14 bits per heavy atom. The number of amides is 2. The van der Waals surface area contributed by atoms with E-state index in [1.165, 1.54) is 13.2 Å². The first-order valence-electron chi connectivity index (χ1n) is 6.03. The van der Waals surface area contributed by atoms with Gasteiger partial charge in [-0.1, -0.05) is 12.1 Å². The first kappa shape index (κ1) is 14.2. The maximum atomic E-state index is 10.9. The van der Waals surface area contributed by atoms with Crippen LogP contribution in [0.5, 0.6) is 11.5 Å². The van der Waals surface area contributed by atoms with Gasteiger partial charge < -0.3 is 20.9 Å². The Bertz CT molecular complexity index is 735. The average Bonchev–Trinajstić information content (AvgIpc) is 2.48. The molecule has 2 aromatic carbocycles. The summed E-state index contributed by atoms with van der Waals surface area (Å²) >= 11 is 0. The van der Waals surface area contributed by atoms with Crippen molar-refractivity contribution in [1.82, 2.24) is 0 Å². The van der Waals surface area contributed by atoms with Crippen molar-refractivity contribution < 1.29 is 14.6 Å². The van der Waals surface area contributed by atoms with Crippen molar-refractivity contribution in [2.45, 2.75) is 0 Å². The number of nitrogens with two attached hydrogens (primary N) is 1. The highest BCUT2D eigenvalue weighted by atomic mass is 16.5. The minimum Gasteiger partial charge on any atom is -0.505 e. The molecule has 0 heterocycles. The van der Waals surface area contributed by atoms with Gasteiger partial charge in [-0.05, 0) is 29.8 Å². The number of anilines is 1. The second kappa shape index (κ2) is 5.84. The van der Waals surface area contributed by atoms with Crippen molar-refractivity contribution in [3.8, 4) is 28.7 Å². The SMILES string of the molecule is COc1ccc(NC(N)=O)c(O)c1-c1cccc(C#N)c1. The lowest BCUT2D eigenvalue weighted by Crippen LogP contribution is -2.19. The maximum Gasteiger partial charge on any atom is 0.316 e. The number of rotatable bonds is 3. The van der Waals surface area contributed by atoms with Crippen LogP contribution in [0.2, 0.25) is 0 Å². The Labute approximate surface area is 121 Å². The smallest absolute Gasteiger partial charge is 0.316 e. The van der Waals surface area contributed by atoms with Crippen LogP contribution >= 0.6 is 0 Å². The fourth-order valence-corrected chi connectivity index (χ4v) is 2.00. The Balaban J connectivity index is 2.64. The van der Waals surface area contributed by atoms with Gasteiger partial charge in [0.2, 0.25) is 0 Å². The highest BCUT2D eigenvalue weighted by molar-refractivity contribution is 5.93. The lowest BCUT2D eigenvalue weighted by molar-refractivity contribution is 0.259. The van der Waals surface area contributed by atoms with E-state index in [4.69, 9.17) is 15.7 Å². The van der Waals surface area contributed by atoms with E-state index >= 15 is 0 Å². The molecule has 0 bridgehead atoms. The summed E-state index contributed by atoms with van der Waals surface area (Å²) in [6.07, 6.45) is 0. The molecule has 0 unspecified atom stereocenters.